The predicted molar refractivity (Wildman–Crippen MR) is 64.7 cm³/mol. The lowest BCUT2D eigenvalue weighted by atomic mass is 10.1. The molecule has 0 fully saturated rings. The number of rotatable bonds is 5. The monoisotopic (exact) mass is 289 g/mol. The van der Waals surface area contributed by atoms with Gasteiger partial charge in [-0.3, -0.25) is 9.59 Å². The smallest absolute Gasteiger partial charge is 0.323 e. The Morgan fingerprint density at radius 2 is 1.75 bits per heavy atom. The third-order valence-electron chi connectivity index (χ3n) is 2.91. The second-order valence-electron chi connectivity index (χ2n) is 4.33. The molecular formula is C13H14F3NO3. The molecule has 0 bridgehead atoms. The quantitative estimate of drug-likeness (QED) is 0.905. The molecule has 1 amide bonds. The van der Waals surface area contributed by atoms with E-state index in [1.165, 1.54) is 0 Å². The summed E-state index contributed by atoms with van der Waals surface area (Å²) >= 11 is 0. The number of carbonyl (C=O) groups excluding carboxylic acids is 1. The van der Waals surface area contributed by atoms with Gasteiger partial charge in [0.05, 0.1) is 0 Å². The number of hydrogen-bond acceptors (Lipinski definition) is 2. The number of benzene rings is 1. The maximum atomic E-state index is 13.6. The van der Waals surface area contributed by atoms with Gasteiger partial charge in [0.25, 0.3) is 5.91 Å². The third kappa shape index (κ3) is 3.49. The molecule has 0 aliphatic rings. The maximum Gasteiger partial charge on any atom is 0.323 e. The van der Waals surface area contributed by atoms with E-state index in [0.717, 1.165) is 4.90 Å². The number of aliphatic carboxylic acids is 1. The Morgan fingerprint density at radius 1 is 1.25 bits per heavy atom. The van der Waals surface area contributed by atoms with Gasteiger partial charge in [0.15, 0.2) is 0 Å². The van der Waals surface area contributed by atoms with Crippen LogP contribution >= 0.6 is 0 Å². The molecule has 1 atom stereocenters. The molecule has 0 heterocycles. The van der Waals surface area contributed by atoms with E-state index in [4.69, 9.17) is 5.11 Å². The Kier molecular flexibility index (Phi) is 5.12. The van der Waals surface area contributed by atoms with Crippen LogP contribution in [0.15, 0.2) is 12.1 Å². The largest absolute Gasteiger partial charge is 0.480 e. The highest BCUT2D eigenvalue weighted by molar-refractivity contribution is 5.96. The number of hydrogen-bond donors (Lipinski definition) is 1. The van der Waals surface area contributed by atoms with E-state index in [-0.39, 0.29) is 0 Å². The van der Waals surface area contributed by atoms with Crippen LogP contribution in [0.1, 0.15) is 30.6 Å². The van der Waals surface area contributed by atoms with Crippen molar-refractivity contribution in [2.45, 2.75) is 26.3 Å². The Morgan fingerprint density at radius 3 is 2.15 bits per heavy atom. The van der Waals surface area contributed by atoms with E-state index >= 15 is 0 Å². The van der Waals surface area contributed by atoms with Gasteiger partial charge in [0.2, 0.25) is 0 Å². The fourth-order valence-electron chi connectivity index (χ4n) is 1.68. The molecule has 0 radical (unpaired) electrons. The standard InChI is InChI=1S/C13H14F3NO3/c1-3-7(2)17(6-11(18)19)13(20)12-9(15)4-8(14)5-10(12)16/h4-5,7H,3,6H2,1-2H3,(H,18,19). The second kappa shape index (κ2) is 6.40. The van der Waals surface area contributed by atoms with Crippen LogP contribution in [0.3, 0.4) is 0 Å². The Labute approximate surface area is 113 Å². The van der Waals surface area contributed by atoms with Crippen molar-refractivity contribution in [1.82, 2.24) is 4.90 Å². The van der Waals surface area contributed by atoms with Crippen molar-refractivity contribution in [2.24, 2.45) is 0 Å². The molecule has 0 saturated carbocycles. The van der Waals surface area contributed by atoms with E-state index in [0.29, 0.717) is 18.6 Å². The van der Waals surface area contributed by atoms with Crippen LogP contribution in [0.2, 0.25) is 0 Å². The van der Waals surface area contributed by atoms with Crippen LogP contribution in [0.5, 0.6) is 0 Å². The average Bonchev–Trinajstić information content (AvgIpc) is 2.33. The second-order valence-corrected chi connectivity index (χ2v) is 4.33. The first-order chi connectivity index (χ1) is 9.27. The van der Waals surface area contributed by atoms with Gasteiger partial charge >= 0.3 is 5.97 Å². The molecular weight excluding hydrogens is 275 g/mol. The average molecular weight is 289 g/mol. The van der Waals surface area contributed by atoms with Crippen molar-refractivity contribution in [2.75, 3.05) is 6.54 Å². The van der Waals surface area contributed by atoms with Gasteiger partial charge in [-0.1, -0.05) is 6.92 Å². The van der Waals surface area contributed by atoms with Crippen LogP contribution in [0.4, 0.5) is 13.2 Å². The minimum absolute atomic E-state index is 0.381. The summed E-state index contributed by atoms with van der Waals surface area (Å²) in [6.45, 7) is 2.56. The number of nitrogens with zero attached hydrogens (tertiary/aromatic N) is 1. The zero-order valence-corrected chi connectivity index (χ0v) is 11.0. The van der Waals surface area contributed by atoms with Crippen LogP contribution in [-0.4, -0.2) is 34.5 Å². The number of amides is 1. The first kappa shape index (κ1) is 16.0. The summed E-state index contributed by atoms with van der Waals surface area (Å²) in [5, 5.41) is 8.77. The fourth-order valence-corrected chi connectivity index (χ4v) is 1.68. The highest BCUT2D eigenvalue weighted by atomic mass is 19.1. The topological polar surface area (TPSA) is 57.6 Å². The van der Waals surface area contributed by atoms with E-state index in [9.17, 15) is 22.8 Å². The Balaban J connectivity index is 3.22. The van der Waals surface area contributed by atoms with Crippen LogP contribution in [0, 0.1) is 17.5 Å². The lowest BCUT2D eigenvalue weighted by molar-refractivity contribution is -0.138. The molecule has 1 aromatic carbocycles. The molecule has 0 aliphatic carbocycles. The molecule has 0 spiro atoms. The van der Waals surface area contributed by atoms with Gasteiger partial charge in [-0.15, -0.1) is 0 Å². The summed E-state index contributed by atoms with van der Waals surface area (Å²) in [6.07, 6.45) is 0.406. The van der Waals surface area contributed by atoms with Crippen molar-refractivity contribution in [3.05, 3.63) is 35.1 Å². The van der Waals surface area contributed by atoms with Crippen molar-refractivity contribution in [3.63, 3.8) is 0 Å². The zero-order chi connectivity index (χ0) is 15.4. The van der Waals surface area contributed by atoms with Crippen molar-refractivity contribution >= 4 is 11.9 Å². The highest BCUT2D eigenvalue weighted by Gasteiger charge is 2.28. The first-order valence-corrected chi connectivity index (χ1v) is 5.95. The zero-order valence-electron chi connectivity index (χ0n) is 11.0. The van der Waals surface area contributed by atoms with Crippen molar-refractivity contribution in [1.29, 1.82) is 0 Å². The Bertz CT molecular complexity index is 511. The molecule has 0 saturated heterocycles. The molecule has 1 N–H and O–H groups in total. The van der Waals surface area contributed by atoms with Gasteiger partial charge in [-0.2, -0.15) is 0 Å². The van der Waals surface area contributed by atoms with E-state index < -0.39 is 47.5 Å². The maximum absolute atomic E-state index is 13.6. The molecule has 0 aliphatic heterocycles. The molecule has 1 rings (SSSR count). The van der Waals surface area contributed by atoms with Crippen molar-refractivity contribution < 1.29 is 27.9 Å². The number of carboxylic acid groups (broad SMARTS) is 1. The highest BCUT2D eigenvalue weighted by Crippen LogP contribution is 2.19. The van der Waals surface area contributed by atoms with Crippen molar-refractivity contribution in [3.8, 4) is 0 Å². The van der Waals surface area contributed by atoms with E-state index in [1.807, 2.05) is 0 Å². The summed E-state index contributed by atoms with van der Waals surface area (Å²) in [4.78, 5) is 23.7. The van der Waals surface area contributed by atoms with Gasteiger partial charge in [0.1, 0.15) is 29.6 Å². The van der Waals surface area contributed by atoms with Crippen LogP contribution < -0.4 is 0 Å². The van der Waals surface area contributed by atoms with Gasteiger partial charge in [-0.25, -0.2) is 13.2 Å². The predicted octanol–water partition coefficient (Wildman–Crippen LogP) is 2.43. The fraction of sp³-hybridized carbons (Fsp3) is 0.385. The molecule has 7 heteroatoms. The van der Waals surface area contributed by atoms with Gasteiger partial charge in [0, 0.05) is 18.2 Å². The molecule has 0 aromatic heterocycles. The lowest BCUT2D eigenvalue weighted by Crippen LogP contribution is -2.42. The molecule has 4 nitrogen and oxygen atoms in total. The van der Waals surface area contributed by atoms with E-state index in [2.05, 4.69) is 0 Å². The lowest BCUT2D eigenvalue weighted by Gasteiger charge is -2.27. The first-order valence-electron chi connectivity index (χ1n) is 5.95. The summed E-state index contributed by atoms with van der Waals surface area (Å²) in [5.74, 6) is -6.28. The Hall–Kier alpha value is -2.05. The number of halogens is 3. The van der Waals surface area contributed by atoms with Crippen LogP contribution in [0.25, 0.3) is 0 Å². The molecule has 110 valence electrons. The molecule has 20 heavy (non-hydrogen) atoms. The normalized spacial score (nSPS) is 12.1. The van der Waals surface area contributed by atoms with Gasteiger partial charge < -0.3 is 10.0 Å². The van der Waals surface area contributed by atoms with E-state index in [1.54, 1.807) is 13.8 Å². The molecule has 1 unspecified atom stereocenters. The summed E-state index contributed by atoms with van der Waals surface area (Å²) in [6, 6.07) is 0.236. The summed E-state index contributed by atoms with van der Waals surface area (Å²) in [5.41, 5.74) is -0.951. The third-order valence-corrected chi connectivity index (χ3v) is 2.91. The minimum atomic E-state index is -1.36. The summed E-state index contributed by atoms with van der Waals surface area (Å²) < 4.78 is 39.9. The summed E-state index contributed by atoms with van der Waals surface area (Å²) in [7, 11) is 0. The van der Waals surface area contributed by atoms with Crippen LogP contribution in [-0.2, 0) is 4.79 Å². The minimum Gasteiger partial charge on any atom is -0.480 e. The SMILES string of the molecule is CCC(C)N(CC(=O)O)C(=O)c1c(F)cc(F)cc1F. The molecule has 1 aromatic rings. The van der Waals surface area contributed by atoms with Gasteiger partial charge in [-0.05, 0) is 13.3 Å². The number of carbonyl (C=O) groups is 2. The number of carboxylic acids is 1.